The van der Waals surface area contributed by atoms with Gasteiger partial charge in [0.2, 0.25) is 5.91 Å². The standard InChI is InChI=1S/C21H30FN3O2.2CH2O2/c1-3-24(2)13-20(26)23-10-16-17-12-25(11-15-6-4-5-7-18(15)22)14-21(17)9-8-19(16)27-21;2*2-1-3/h4-7,16-17,19H,3,8-14H2,1-2H3,(H,23,26);2*1H,(H,2,3)/t16-,17+,19+,21+;;/m0../s1. The zero-order chi connectivity index (χ0) is 24.4. The molecular weight excluding hydrogens is 433 g/mol. The number of benzene rings is 1. The molecule has 33 heavy (non-hydrogen) atoms. The average Bonchev–Trinajstić information content (AvgIpc) is 3.43. The molecule has 2 bridgehead atoms. The molecule has 184 valence electrons. The van der Waals surface area contributed by atoms with E-state index >= 15 is 0 Å². The molecule has 4 atom stereocenters. The fourth-order valence-electron chi connectivity index (χ4n) is 5.19. The van der Waals surface area contributed by atoms with Gasteiger partial charge in [-0.2, -0.15) is 0 Å². The number of halogens is 1. The Hall–Kier alpha value is -2.56. The third-order valence-electron chi connectivity index (χ3n) is 6.69. The van der Waals surface area contributed by atoms with E-state index in [1.54, 1.807) is 6.07 Å². The summed E-state index contributed by atoms with van der Waals surface area (Å²) in [7, 11) is 1.95. The van der Waals surface area contributed by atoms with Crippen LogP contribution in [0.4, 0.5) is 4.39 Å². The van der Waals surface area contributed by atoms with Crippen LogP contribution in [0.2, 0.25) is 0 Å². The number of likely N-dealkylation sites (tertiary alicyclic amines) is 1. The molecule has 3 saturated heterocycles. The van der Waals surface area contributed by atoms with Crippen molar-refractivity contribution >= 4 is 18.9 Å². The zero-order valence-electron chi connectivity index (χ0n) is 19.2. The highest BCUT2D eigenvalue weighted by molar-refractivity contribution is 5.78. The van der Waals surface area contributed by atoms with Gasteiger partial charge < -0.3 is 20.3 Å². The van der Waals surface area contributed by atoms with Crippen LogP contribution in [0.3, 0.4) is 0 Å². The van der Waals surface area contributed by atoms with Crippen molar-refractivity contribution in [3.05, 3.63) is 35.6 Å². The van der Waals surface area contributed by atoms with E-state index in [4.69, 9.17) is 24.5 Å². The lowest BCUT2D eigenvalue weighted by molar-refractivity contribution is -0.123. The molecular formula is C23H34FN3O6. The number of nitrogens with zero attached hydrogens (tertiary/aromatic N) is 2. The summed E-state index contributed by atoms with van der Waals surface area (Å²) in [6, 6.07) is 7.01. The molecule has 4 rings (SSSR count). The largest absolute Gasteiger partial charge is 0.483 e. The maximum absolute atomic E-state index is 14.0. The third-order valence-corrected chi connectivity index (χ3v) is 6.69. The van der Waals surface area contributed by atoms with Crippen molar-refractivity contribution < 1.29 is 33.7 Å². The Labute approximate surface area is 193 Å². The van der Waals surface area contributed by atoms with Crippen molar-refractivity contribution in [3.8, 4) is 0 Å². The van der Waals surface area contributed by atoms with Crippen molar-refractivity contribution in [2.45, 2.75) is 38.0 Å². The number of nitrogens with one attached hydrogen (secondary N) is 1. The van der Waals surface area contributed by atoms with Gasteiger partial charge in [0.1, 0.15) is 5.82 Å². The fraction of sp³-hybridized carbons (Fsp3) is 0.609. The van der Waals surface area contributed by atoms with Crippen molar-refractivity contribution in [1.29, 1.82) is 0 Å². The Morgan fingerprint density at radius 3 is 2.64 bits per heavy atom. The number of hydrogen-bond acceptors (Lipinski definition) is 6. The minimum Gasteiger partial charge on any atom is -0.483 e. The number of carbonyl (C=O) groups is 3. The van der Waals surface area contributed by atoms with Gasteiger partial charge >= 0.3 is 0 Å². The molecule has 3 N–H and O–H groups in total. The van der Waals surface area contributed by atoms with Crippen LogP contribution in [0.15, 0.2) is 24.3 Å². The lowest BCUT2D eigenvalue weighted by atomic mass is 9.73. The van der Waals surface area contributed by atoms with Crippen molar-refractivity contribution in [3.63, 3.8) is 0 Å². The first kappa shape index (κ1) is 26.7. The van der Waals surface area contributed by atoms with E-state index in [2.05, 4.69) is 10.2 Å². The molecule has 3 heterocycles. The Kier molecular flexibility index (Phi) is 10.2. The maximum Gasteiger partial charge on any atom is 0.290 e. The SMILES string of the molecule is CCN(C)CC(=O)NC[C@H]1[C@H]2CN(Cc3ccccc3F)C[C@]23CC[C@H]1O3.O=CO.O=CO. The highest BCUT2D eigenvalue weighted by Gasteiger charge is 2.62. The minimum atomic E-state index is -0.250. The highest BCUT2D eigenvalue weighted by Crippen LogP contribution is 2.54. The summed E-state index contributed by atoms with van der Waals surface area (Å²) in [6.45, 7) is 5.93. The molecule has 0 aromatic heterocycles. The third kappa shape index (κ3) is 6.72. The molecule has 3 aliphatic rings. The monoisotopic (exact) mass is 467 g/mol. The van der Waals surface area contributed by atoms with Gasteiger partial charge in [0, 0.05) is 43.6 Å². The van der Waals surface area contributed by atoms with Crippen LogP contribution in [0, 0.1) is 17.7 Å². The average molecular weight is 468 g/mol. The molecule has 1 spiro atoms. The molecule has 3 fully saturated rings. The topological polar surface area (TPSA) is 119 Å². The molecule has 0 saturated carbocycles. The Morgan fingerprint density at radius 2 is 2.00 bits per heavy atom. The Balaban J connectivity index is 0.000000582. The van der Waals surface area contributed by atoms with E-state index in [-0.39, 0.29) is 36.4 Å². The van der Waals surface area contributed by atoms with E-state index in [0.717, 1.165) is 38.0 Å². The van der Waals surface area contributed by atoms with Gasteiger partial charge in [0.25, 0.3) is 12.9 Å². The summed E-state index contributed by atoms with van der Waals surface area (Å²) in [5, 5.41) is 16.9. The molecule has 0 radical (unpaired) electrons. The lowest BCUT2D eigenvalue weighted by Gasteiger charge is -2.29. The number of hydrogen-bond donors (Lipinski definition) is 3. The number of likely N-dealkylation sites (N-methyl/N-ethyl adjacent to an activating group) is 1. The highest BCUT2D eigenvalue weighted by atomic mass is 19.1. The summed E-state index contributed by atoms with van der Waals surface area (Å²) in [6.07, 6.45) is 2.41. The number of carboxylic acid groups (broad SMARTS) is 2. The van der Waals surface area contributed by atoms with Gasteiger partial charge in [-0.1, -0.05) is 25.1 Å². The van der Waals surface area contributed by atoms with Crippen LogP contribution in [0.1, 0.15) is 25.3 Å². The van der Waals surface area contributed by atoms with Crippen LogP contribution < -0.4 is 5.32 Å². The normalized spacial score (nSPS) is 27.1. The first-order valence-corrected chi connectivity index (χ1v) is 11.1. The van der Waals surface area contributed by atoms with Crippen LogP contribution in [0.25, 0.3) is 0 Å². The van der Waals surface area contributed by atoms with Crippen molar-refractivity contribution in [2.75, 3.05) is 39.8 Å². The smallest absolute Gasteiger partial charge is 0.290 e. The number of ether oxygens (including phenoxy) is 1. The lowest BCUT2D eigenvalue weighted by Crippen LogP contribution is -2.43. The van der Waals surface area contributed by atoms with Crippen LogP contribution in [-0.2, 0) is 25.7 Å². The predicted molar refractivity (Wildman–Crippen MR) is 119 cm³/mol. The summed E-state index contributed by atoms with van der Waals surface area (Å²) in [5.74, 6) is 0.728. The van der Waals surface area contributed by atoms with Crippen LogP contribution in [0.5, 0.6) is 0 Å². The molecule has 3 aliphatic heterocycles. The van der Waals surface area contributed by atoms with E-state index in [1.807, 2.05) is 31.0 Å². The second kappa shape index (κ2) is 12.6. The van der Waals surface area contributed by atoms with Crippen LogP contribution >= 0.6 is 0 Å². The zero-order valence-corrected chi connectivity index (χ0v) is 19.2. The van der Waals surface area contributed by atoms with Gasteiger partial charge in [-0.05, 0) is 32.5 Å². The number of fused-ring (bicyclic) bond motifs is 1. The molecule has 9 nitrogen and oxygen atoms in total. The number of amides is 1. The van der Waals surface area contributed by atoms with Gasteiger partial charge in [-0.25, -0.2) is 4.39 Å². The Morgan fingerprint density at radius 1 is 1.33 bits per heavy atom. The first-order valence-electron chi connectivity index (χ1n) is 11.1. The number of rotatable bonds is 7. The number of carbonyl (C=O) groups excluding carboxylic acids is 1. The second-order valence-electron chi connectivity index (χ2n) is 8.64. The predicted octanol–water partition coefficient (Wildman–Crippen LogP) is 1.27. The first-order chi connectivity index (χ1) is 15.8. The minimum absolute atomic E-state index is 0.0809. The molecule has 10 heteroatoms. The fourth-order valence-corrected chi connectivity index (χ4v) is 5.19. The van der Waals surface area contributed by atoms with Gasteiger partial charge in [-0.15, -0.1) is 0 Å². The van der Waals surface area contributed by atoms with Gasteiger partial charge in [0.05, 0.1) is 18.2 Å². The molecule has 0 unspecified atom stereocenters. The van der Waals surface area contributed by atoms with E-state index in [9.17, 15) is 9.18 Å². The molecule has 1 amide bonds. The Bertz CT molecular complexity index is 791. The van der Waals surface area contributed by atoms with Gasteiger partial charge in [-0.3, -0.25) is 24.2 Å². The van der Waals surface area contributed by atoms with E-state index in [0.29, 0.717) is 31.5 Å². The molecule has 1 aromatic rings. The quantitative estimate of drug-likeness (QED) is 0.513. The summed E-state index contributed by atoms with van der Waals surface area (Å²) in [5.41, 5.74) is 0.654. The second-order valence-corrected chi connectivity index (χ2v) is 8.64. The maximum atomic E-state index is 14.0. The summed E-state index contributed by atoms with van der Waals surface area (Å²) in [4.78, 5) is 33.2. The van der Waals surface area contributed by atoms with Gasteiger partial charge in [0.15, 0.2) is 0 Å². The van der Waals surface area contributed by atoms with Crippen molar-refractivity contribution in [1.82, 2.24) is 15.1 Å². The van der Waals surface area contributed by atoms with E-state index in [1.165, 1.54) is 6.07 Å². The molecule has 1 aromatic carbocycles. The van der Waals surface area contributed by atoms with Crippen LogP contribution in [-0.4, -0.2) is 90.3 Å². The van der Waals surface area contributed by atoms with Crippen molar-refractivity contribution in [2.24, 2.45) is 11.8 Å². The van der Waals surface area contributed by atoms with E-state index < -0.39 is 0 Å². The summed E-state index contributed by atoms with van der Waals surface area (Å²) < 4.78 is 20.5. The molecule has 0 aliphatic carbocycles. The summed E-state index contributed by atoms with van der Waals surface area (Å²) >= 11 is 0.